The first-order valence-corrected chi connectivity index (χ1v) is 19.7. The maximum atomic E-state index is 14.0. The predicted molar refractivity (Wildman–Crippen MR) is 210 cm³/mol. The van der Waals surface area contributed by atoms with E-state index in [1.165, 1.54) is 6.92 Å². The highest BCUT2D eigenvalue weighted by Gasteiger charge is 2.35. The molecule has 0 aromatic heterocycles. The summed E-state index contributed by atoms with van der Waals surface area (Å²) in [7, 11) is 0. The molecule has 0 bridgehead atoms. The highest BCUT2D eigenvalue weighted by Crippen LogP contribution is 2.13. The third kappa shape index (κ3) is 17.2. The normalized spacial score (nSPS) is 15.4. The van der Waals surface area contributed by atoms with Crippen LogP contribution in [-0.2, 0) is 44.8 Å². The Balaban J connectivity index is 3.33. The summed E-state index contributed by atoms with van der Waals surface area (Å²) in [5.74, 6) is -7.75. The van der Waals surface area contributed by atoms with Gasteiger partial charge in [0.1, 0.15) is 36.3 Å². The van der Waals surface area contributed by atoms with Crippen LogP contribution in [0.5, 0.6) is 0 Å². The van der Waals surface area contributed by atoms with Crippen LogP contribution in [0.15, 0.2) is 30.3 Å². The lowest BCUT2D eigenvalue weighted by Gasteiger charge is -2.29. The number of amides is 6. The van der Waals surface area contributed by atoms with E-state index in [2.05, 4.69) is 31.9 Å². The maximum Gasteiger partial charge on any atom is 0.326 e. The highest BCUT2D eigenvalue weighted by molar-refractivity contribution is 5.97. The molecule has 16 nitrogen and oxygen atoms in total. The number of hydrogen-bond acceptors (Lipinski definition) is 8. The van der Waals surface area contributed by atoms with Gasteiger partial charge in [-0.1, -0.05) is 104 Å². The molecule has 0 saturated heterocycles. The zero-order chi connectivity index (χ0) is 42.5. The van der Waals surface area contributed by atoms with E-state index in [-0.39, 0.29) is 37.0 Å². The highest BCUT2D eigenvalue weighted by atomic mass is 16.4. The minimum Gasteiger partial charge on any atom is -0.481 e. The Kier molecular flexibility index (Phi) is 22.0. The Hall–Kier alpha value is -5.02. The van der Waals surface area contributed by atoms with Crippen molar-refractivity contribution in [3.8, 4) is 0 Å². The van der Waals surface area contributed by atoms with Gasteiger partial charge in [-0.05, 0) is 43.1 Å². The largest absolute Gasteiger partial charge is 0.481 e. The average Bonchev–Trinajstić information content (AvgIpc) is 3.15. The van der Waals surface area contributed by atoms with Crippen molar-refractivity contribution in [2.24, 2.45) is 17.8 Å². The smallest absolute Gasteiger partial charge is 0.326 e. The summed E-state index contributed by atoms with van der Waals surface area (Å²) >= 11 is 0. The summed E-state index contributed by atoms with van der Waals surface area (Å²) in [6.45, 7) is 13.8. The van der Waals surface area contributed by atoms with Crippen molar-refractivity contribution >= 4 is 47.4 Å². The number of unbranched alkanes of at least 4 members (excludes halogenated alkanes) is 2. The van der Waals surface area contributed by atoms with Gasteiger partial charge in [-0.15, -0.1) is 0 Å². The Morgan fingerprint density at radius 3 is 1.64 bits per heavy atom. The van der Waals surface area contributed by atoms with Crippen molar-refractivity contribution in [2.45, 2.75) is 149 Å². The molecule has 0 aliphatic rings. The van der Waals surface area contributed by atoms with E-state index < -0.39 is 90.1 Å². The molecule has 8 N–H and O–H groups in total. The number of aliphatic carboxylic acids is 2. The fraction of sp³-hybridized carbons (Fsp3) is 0.650. The molecule has 8 atom stereocenters. The maximum absolute atomic E-state index is 14.0. The summed E-state index contributed by atoms with van der Waals surface area (Å²) in [5.41, 5.74) is 0.676. The first kappa shape index (κ1) is 49.0. The molecule has 16 heteroatoms. The molecular weight excluding hydrogens is 724 g/mol. The Morgan fingerprint density at radius 2 is 1.11 bits per heavy atom. The second kappa shape index (κ2) is 25.2. The van der Waals surface area contributed by atoms with Crippen molar-refractivity contribution in [3.63, 3.8) is 0 Å². The van der Waals surface area contributed by atoms with Gasteiger partial charge in [0.25, 0.3) is 0 Å². The van der Waals surface area contributed by atoms with Crippen molar-refractivity contribution in [3.05, 3.63) is 35.9 Å². The first-order valence-electron chi connectivity index (χ1n) is 19.7. The molecule has 0 spiro atoms. The molecule has 1 aromatic carbocycles. The zero-order valence-electron chi connectivity index (χ0n) is 34.1. The van der Waals surface area contributed by atoms with Gasteiger partial charge < -0.3 is 42.1 Å². The monoisotopic (exact) mass is 788 g/mol. The van der Waals surface area contributed by atoms with Crippen LogP contribution in [0.1, 0.15) is 112 Å². The van der Waals surface area contributed by atoms with Crippen LogP contribution in [0.2, 0.25) is 0 Å². The minimum atomic E-state index is -1.46. The Labute approximate surface area is 330 Å². The van der Waals surface area contributed by atoms with Gasteiger partial charge >= 0.3 is 11.9 Å². The van der Waals surface area contributed by atoms with Gasteiger partial charge in [0.15, 0.2) is 0 Å². The Bertz CT molecular complexity index is 1470. The zero-order valence-corrected chi connectivity index (χ0v) is 34.1. The summed E-state index contributed by atoms with van der Waals surface area (Å²) < 4.78 is 0. The molecule has 1 rings (SSSR count). The third-order valence-electron chi connectivity index (χ3n) is 9.79. The average molecular weight is 789 g/mol. The second-order valence-corrected chi connectivity index (χ2v) is 14.8. The molecule has 6 amide bonds. The van der Waals surface area contributed by atoms with Crippen LogP contribution in [0.25, 0.3) is 0 Å². The second-order valence-electron chi connectivity index (χ2n) is 14.8. The number of carbonyl (C=O) groups is 8. The minimum absolute atomic E-state index is 0.00142. The molecule has 0 unspecified atom stereocenters. The van der Waals surface area contributed by atoms with Crippen LogP contribution in [-0.4, -0.2) is 93.8 Å². The molecule has 0 heterocycles. The van der Waals surface area contributed by atoms with Crippen molar-refractivity contribution in [1.29, 1.82) is 0 Å². The Morgan fingerprint density at radius 1 is 0.571 bits per heavy atom. The van der Waals surface area contributed by atoms with E-state index in [1.807, 2.05) is 6.92 Å². The van der Waals surface area contributed by atoms with E-state index >= 15 is 0 Å². The lowest BCUT2D eigenvalue weighted by atomic mass is 9.96. The van der Waals surface area contributed by atoms with E-state index in [9.17, 15) is 48.6 Å². The summed E-state index contributed by atoms with van der Waals surface area (Å²) in [6, 6.07) is 1.51. The topological polar surface area (TPSA) is 249 Å². The van der Waals surface area contributed by atoms with Crippen molar-refractivity contribution < 1.29 is 48.6 Å². The van der Waals surface area contributed by atoms with E-state index in [0.717, 1.165) is 12.8 Å². The lowest BCUT2D eigenvalue weighted by Crippen LogP contribution is -2.61. The number of benzene rings is 1. The molecule has 314 valence electrons. The molecule has 0 radical (unpaired) electrons. The van der Waals surface area contributed by atoms with E-state index in [0.29, 0.717) is 24.8 Å². The van der Waals surface area contributed by atoms with Crippen molar-refractivity contribution in [1.82, 2.24) is 31.9 Å². The molecule has 0 saturated carbocycles. The van der Waals surface area contributed by atoms with Crippen molar-refractivity contribution in [2.75, 3.05) is 0 Å². The molecule has 0 fully saturated rings. The van der Waals surface area contributed by atoms with Gasteiger partial charge in [-0.3, -0.25) is 33.6 Å². The van der Waals surface area contributed by atoms with Gasteiger partial charge in [0, 0.05) is 19.3 Å². The summed E-state index contributed by atoms with van der Waals surface area (Å²) in [4.78, 5) is 104. The molecule has 0 aliphatic heterocycles. The fourth-order valence-corrected chi connectivity index (χ4v) is 5.73. The molecule has 1 aromatic rings. The summed E-state index contributed by atoms with van der Waals surface area (Å²) in [6.07, 6.45) is 2.67. The fourth-order valence-electron chi connectivity index (χ4n) is 5.73. The van der Waals surface area contributed by atoms with Crippen LogP contribution in [0.3, 0.4) is 0 Å². The number of carboxylic acids is 2. The number of carbonyl (C=O) groups excluding carboxylic acids is 6. The van der Waals surface area contributed by atoms with Gasteiger partial charge in [-0.2, -0.15) is 0 Å². The number of rotatable bonds is 26. The predicted octanol–water partition coefficient (Wildman–Crippen LogP) is 2.44. The summed E-state index contributed by atoms with van der Waals surface area (Å²) in [5, 5.41) is 34.7. The molecule has 0 aliphatic carbocycles. The molecule has 56 heavy (non-hydrogen) atoms. The lowest BCUT2D eigenvalue weighted by molar-refractivity contribution is -0.144. The standard InChI is InChI=1S/C40H64N6O10/c1-9-12-14-19-30(47)44-32(23(4)5)38(53)43-29(22-27-17-15-13-16-18-27)37(52)42-28(20-21-31(48)49)36(51)45-33(24(6)10-2)39(54)41-26(8)35(50)46-34(40(55)56)25(7)11-3/h13,15-18,23-26,28-29,32-34H,9-12,14,19-22H2,1-8H3,(H,41,54)(H,42,52)(H,43,53)(H,44,47)(H,45,51)(H,46,50)(H,48,49)(H,55,56)/t24-,25-,26-,28-,29-,32-,33-,34-/m0/s1. The van der Waals surface area contributed by atoms with Gasteiger partial charge in [0.2, 0.25) is 35.4 Å². The number of nitrogens with one attached hydrogen (secondary N) is 6. The van der Waals surface area contributed by atoms with Gasteiger partial charge in [0.05, 0.1) is 0 Å². The third-order valence-corrected chi connectivity index (χ3v) is 9.79. The van der Waals surface area contributed by atoms with Crippen LogP contribution in [0, 0.1) is 17.8 Å². The van der Waals surface area contributed by atoms with Crippen LogP contribution < -0.4 is 31.9 Å². The van der Waals surface area contributed by atoms with E-state index in [1.54, 1.807) is 71.9 Å². The van der Waals surface area contributed by atoms with Crippen LogP contribution in [0.4, 0.5) is 0 Å². The SMILES string of the molecule is CCCCCC(=O)N[C@H](C(=O)N[C@@H](Cc1ccccc1)C(=O)N[C@@H](CCC(=O)O)C(=O)N[C@H](C(=O)N[C@@H](C)C(=O)N[C@H](C(=O)O)[C@@H](C)CC)[C@@H](C)CC)C(C)C. The number of hydrogen-bond donors (Lipinski definition) is 8. The van der Waals surface area contributed by atoms with Crippen LogP contribution >= 0.6 is 0 Å². The quantitative estimate of drug-likeness (QED) is 0.0637. The first-order chi connectivity index (χ1) is 26.4. The number of carboxylic acid groups (broad SMARTS) is 2. The molecular formula is C40H64N6O10. The van der Waals surface area contributed by atoms with Gasteiger partial charge in [-0.25, -0.2) is 4.79 Å². The van der Waals surface area contributed by atoms with E-state index in [4.69, 9.17) is 0 Å².